The van der Waals surface area contributed by atoms with Crippen molar-refractivity contribution in [3.63, 3.8) is 0 Å². The fourth-order valence-electron chi connectivity index (χ4n) is 0.451. The highest BCUT2D eigenvalue weighted by Gasteiger charge is 2.26. The lowest BCUT2D eigenvalue weighted by Gasteiger charge is -2.27. The molecule has 11 heavy (non-hydrogen) atoms. The van der Waals surface area contributed by atoms with E-state index in [2.05, 4.69) is 0 Å². The number of hydrogen-bond acceptors (Lipinski definition) is 2. The van der Waals surface area contributed by atoms with Crippen molar-refractivity contribution in [2.24, 2.45) is 5.41 Å². The van der Waals surface area contributed by atoms with E-state index in [1.165, 1.54) is 6.66 Å². The monoisotopic (exact) mass is 180 g/mol. The van der Waals surface area contributed by atoms with Gasteiger partial charge in [0.2, 0.25) is 0 Å². The first kappa shape index (κ1) is 11.2. The van der Waals surface area contributed by atoms with Gasteiger partial charge in [-0.3, -0.25) is 4.57 Å². The van der Waals surface area contributed by atoms with Crippen LogP contribution < -0.4 is 0 Å². The van der Waals surface area contributed by atoms with E-state index in [4.69, 9.17) is 9.42 Å². The molecule has 2 atom stereocenters. The summed E-state index contributed by atoms with van der Waals surface area (Å²) in [6.45, 7) is 8.90. The van der Waals surface area contributed by atoms with Crippen LogP contribution in [0, 0.1) is 5.41 Å². The van der Waals surface area contributed by atoms with E-state index in [0.29, 0.717) is 0 Å². The van der Waals surface area contributed by atoms with E-state index in [9.17, 15) is 4.57 Å². The molecule has 0 radical (unpaired) electrons. The summed E-state index contributed by atoms with van der Waals surface area (Å²) >= 11 is 0. The molecule has 0 fully saturated rings. The van der Waals surface area contributed by atoms with Crippen LogP contribution >= 0.6 is 7.60 Å². The lowest BCUT2D eigenvalue weighted by atomic mass is 9.91. The molecule has 0 heterocycles. The molecule has 3 nitrogen and oxygen atoms in total. The van der Waals surface area contributed by atoms with Crippen LogP contribution in [0.1, 0.15) is 27.7 Å². The summed E-state index contributed by atoms with van der Waals surface area (Å²) in [6.07, 6.45) is -0.205. The average molecular weight is 180 g/mol. The highest BCUT2D eigenvalue weighted by atomic mass is 31.2. The maximum Gasteiger partial charge on any atom is 0.325 e. The minimum Gasteiger partial charge on any atom is -0.324 e. The van der Waals surface area contributed by atoms with Crippen LogP contribution in [0.2, 0.25) is 0 Å². The highest BCUT2D eigenvalue weighted by molar-refractivity contribution is 7.51. The number of hydrogen-bond donors (Lipinski definition) is 1. The number of rotatable bonds is 2. The van der Waals surface area contributed by atoms with Gasteiger partial charge in [0.05, 0.1) is 6.10 Å². The molecule has 68 valence electrons. The Hall–Kier alpha value is 0.150. The molecular formula is C7H17O3P. The first-order valence-electron chi connectivity index (χ1n) is 3.61. The Bertz CT molecular complexity index is 165. The Morgan fingerprint density at radius 2 is 1.82 bits per heavy atom. The van der Waals surface area contributed by atoms with Crippen molar-refractivity contribution in [1.29, 1.82) is 0 Å². The Morgan fingerprint density at radius 3 is 1.91 bits per heavy atom. The molecule has 0 bridgehead atoms. The zero-order chi connectivity index (χ0) is 9.28. The molecule has 0 rings (SSSR count). The molecule has 0 aliphatic rings. The zero-order valence-electron chi connectivity index (χ0n) is 7.79. The van der Waals surface area contributed by atoms with Crippen molar-refractivity contribution in [2.45, 2.75) is 33.8 Å². The normalized spacial score (nSPS) is 20.9. The standard InChI is InChI=1S/C7H17O3P/c1-6(7(2,3)4)10-11(5,8)9/h6H,1-5H3,(H,8,9)/t6-/m0/s1. The molecule has 0 aromatic rings. The van der Waals surface area contributed by atoms with Crippen LogP contribution in [0.25, 0.3) is 0 Å². The molecule has 0 saturated heterocycles. The van der Waals surface area contributed by atoms with Gasteiger partial charge in [0, 0.05) is 6.66 Å². The lowest BCUT2D eigenvalue weighted by molar-refractivity contribution is 0.0915. The van der Waals surface area contributed by atoms with Crippen molar-refractivity contribution in [2.75, 3.05) is 6.66 Å². The largest absolute Gasteiger partial charge is 0.325 e. The maximum absolute atomic E-state index is 10.8. The van der Waals surface area contributed by atoms with Crippen molar-refractivity contribution in [3.8, 4) is 0 Å². The molecule has 0 aliphatic heterocycles. The Labute approximate surface area is 68.3 Å². The molecule has 1 N–H and O–H groups in total. The molecule has 1 unspecified atom stereocenters. The Kier molecular flexibility index (Phi) is 3.30. The second kappa shape index (κ2) is 3.26. The van der Waals surface area contributed by atoms with Gasteiger partial charge in [-0.25, -0.2) is 0 Å². The summed E-state index contributed by atoms with van der Waals surface area (Å²) in [4.78, 5) is 8.88. The lowest BCUT2D eigenvalue weighted by Crippen LogP contribution is -2.24. The van der Waals surface area contributed by atoms with Gasteiger partial charge in [-0.2, -0.15) is 0 Å². The second-order valence-corrected chi connectivity index (χ2v) is 5.73. The predicted molar refractivity (Wildman–Crippen MR) is 45.8 cm³/mol. The minimum absolute atomic E-state index is 0.0889. The minimum atomic E-state index is -3.32. The van der Waals surface area contributed by atoms with Crippen LogP contribution in [0.4, 0.5) is 0 Å². The van der Waals surface area contributed by atoms with Gasteiger partial charge in [-0.05, 0) is 12.3 Å². The van der Waals surface area contributed by atoms with E-state index >= 15 is 0 Å². The SMILES string of the molecule is C[C@H](OP(C)(=O)O)C(C)(C)C. The molecule has 0 aromatic heterocycles. The van der Waals surface area contributed by atoms with E-state index < -0.39 is 7.60 Å². The second-order valence-electron chi connectivity index (χ2n) is 3.92. The van der Waals surface area contributed by atoms with Crippen LogP contribution in [0.5, 0.6) is 0 Å². The zero-order valence-corrected chi connectivity index (χ0v) is 8.68. The van der Waals surface area contributed by atoms with Gasteiger partial charge in [0.25, 0.3) is 0 Å². The van der Waals surface area contributed by atoms with Crippen LogP contribution in [0.3, 0.4) is 0 Å². The first-order valence-corrected chi connectivity index (χ1v) is 5.64. The summed E-state index contributed by atoms with van der Waals surface area (Å²) in [7, 11) is -3.32. The molecule has 0 aliphatic carbocycles. The average Bonchev–Trinajstić information content (AvgIpc) is 1.56. The molecule has 0 amide bonds. The van der Waals surface area contributed by atoms with Gasteiger partial charge in [-0.1, -0.05) is 20.8 Å². The van der Waals surface area contributed by atoms with Crippen molar-refractivity contribution >= 4 is 7.60 Å². The van der Waals surface area contributed by atoms with E-state index in [-0.39, 0.29) is 11.5 Å². The summed E-state index contributed by atoms with van der Waals surface area (Å²) in [5.41, 5.74) is -0.0889. The molecule has 4 heteroatoms. The Morgan fingerprint density at radius 1 is 1.45 bits per heavy atom. The van der Waals surface area contributed by atoms with Crippen molar-refractivity contribution in [1.82, 2.24) is 0 Å². The predicted octanol–water partition coefficient (Wildman–Crippen LogP) is 2.25. The third kappa shape index (κ3) is 5.42. The van der Waals surface area contributed by atoms with Gasteiger partial charge < -0.3 is 9.42 Å². The fraction of sp³-hybridized carbons (Fsp3) is 1.00. The molecule has 0 aromatic carbocycles. The quantitative estimate of drug-likeness (QED) is 0.663. The molecule has 0 saturated carbocycles. The van der Waals surface area contributed by atoms with Crippen molar-refractivity contribution < 1.29 is 14.0 Å². The van der Waals surface area contributed by atoms with Crippen molar-refractivity contribution in [3.05, 3.63) is 0 Å². The highest BCUT2D eigenvalue weighted by Crippen LogP contribution is 2.41. The van der Waals surface area contributed by atoms with Gasteiger partial charge in [0.15, 0.2) is 0 Å². The summed E-state index contributed by atoms with van der Waals surface area (Å²) in [6, 6.07) is 0. The Balaban J connectivity index is 4.10. The van der Waals surface area contributed by atoms with Crippen LogP contribution in [0.15, 0.2) is 0 Å². The smallest absolute Gasteiger partial charge is 0.324 e. The summed E-state index contributed by atoms with van der Waals surface area (Å²) in [5.74, 6) is 0. The van der Waals surface area contributed by atoms with E-state index in [1.807, 2.05) is 20.8 Å². The topological polar surface area (TPSA) is 46.5 Å². The summed E-state index contributed by atoms with van der Waals surface area (Å²) in [5, 5.41) is 0. The first-order chi connectivity index (χ1) is 4.63. The molecule has 0 spiro atoms. The van der Waals surface area contributed by atoms with E-state index in [0.717, 1.165) is 0 Å². The van der Waals surface area contributed by atoms with Gasteiger partial charge in [-0.15, -0.1) is 0 Å². The summed E-state index contributed by atoms with van der Waals surface area (Å²) < 4.78 is 15.7. The third-order valence-corrected chi connectivity index (χ3v) is 2.28. The maximum atomic E-state index is 10.8. The van der Waals surface area contributed by atoms with Gasteiger partial charge >= 0.3 is 7.60 Å². The van der Waals surface area contributed by atoms with Gasteiger partial charge in [0.1, 0.15) is 0 Å². The van der Waals surface area contributed by atoms with Crippen LogP contribution in [-0.4, -0.2) is 17.7 Å². The van der Waals surface area contributed by atoms with E-state index in [1.54, 1.807) is 6.92 Å². The molecular weight excluding hydrogens is 163 g/mol. The van der Waals surface area contributed by atoms with Crippen LogP contribution in [-0.2, 0) is 9.09 Å². The third-order valence-electron chi connectivity index (χ3n) is 1.57. The fourth-order valence-corrected chi connectivity index (χ4v) is 1.35.